The Morgan fingerprint density at radius 1 is 1.38 bits per heavy atom. The predicted octanol–water partition coefficient (Wildman–Crippen LogP) is 0.150. The highest BCUT2D eigenvalue weighted by Crippen LogP contribution is 2.11. The standard InChI is InChI=1S/C7H7N5S/c8-5-2-1-3-6(4-5)12-7(13)9-10-11-12/h1-4H,8H2,(H,9,11,13)/p-1. The Morgan fingerprint density at radius 3 is 2.85 bits per heavy atom. The Morgan fingerprint density at radius 2 is 2.23 bits per heavy atom. The van der Waals surface area contributed by atoms with Gasteiger partial charge in [0.25, 0.3) is 0 Å². The van der Waals surface area contributed by atoms with Crippen LogP contribution in [0.1, 0.15) is 0 Å². The third-order valence-corrected chi connectivity index (χ3v) is 1.81. The SMILES string of the molecule is Nc1cccc(-n2nnnc2[S-])c1. The quantitative estimate of drug-likeness (QED) is 0.514. The summed E-state index contributed by atoms with van der Waals surface area (Å²) >= 11 is 4.90. The van der Waals surface area contributed by atoms with Crippen LogP contribution in [0.25, 0.3) is 5.69 Å². The van der Waals surface area contributed by atoms with Crippen LogP contribution in [0.5, 0.6) is 0 Å². The van der Waals surface area contributed by atoms with Gasteiger partial charge in [0.2, 0.25) is 0 Å². The van der Waals surface area contributed by atoms with E-state index in [0.29, 0.717) is 10.8 Å². The lowest BCUT2D eigenvalue weighted by molar-refractivity contribution is 0.758. The molecule has 13 heavy (non-hydrogen) atoms. The highest BCUT2D eigenvalue weighted by atomic mass is 32.1. The molecule has 0 radical (unpaired) electrons. The lowest BCUT2D eigenvalue weighted by Crippen LogP contribution is -1.99. The number of anilines is 1. The van der Waals surface area contributed by atoms with Crippen LogP contribution in [0.2, 0.25) is 0 Å². The van der Waals surface area contributed by atoms with Gasteiger partial charge in [0, 0.05) is 10.8 Å². The molecular weight excluding hydrogens is 186 g/mol. The summed E-state index contributed by atoms with van der Waals surface area (Å²) in [7, 11) is 0. The fraction of sp³-hybridized carbons (Fsp3) is 0. The summed E-state index contributed by atoms with van der Waals surface area (Å²) in [6, 6.07) is 7.20. The van der Waals surface area contributed by atoms with Gasteiger partial charge in [-0.3, -0.25) is 0 Å². The Bertz CT molecular complexity index is 424. The van der Waals surface area contributed by atoms with Crippen LogP contribution >= 0.6 is 0 Å². The summed E-state index contributed by atoms with van der Waals surface area (Å²) in [6.07, 6.45) is 0. The second-order valence-corrected chi connectivity index (χ2v) is 2.83. The van der Waals surface area contributed by atoms with E-state index in [0.717, 1.165) is 5.69 Å². The molecular formula is C7H6N5S-. The van der Waals surface area contributed by atoms with Gasteiger partial charge in [-0.05, 0) is 28.6 Å². The first-order chi connectivity index (χ1) is 6.27. The molecule has 6 heteroatoms. The molecule has 2 N–H and O–H groups in total. The number of benzene rings is 1. The Hall–Kier alpha value is -1.69. The largest absolute Gasteiger partial charge is 0.738 e. The number of rotatable bonds is 1. The van der Waals surface area contributed by atoms with Crippen LogP contribution in [0.4, 0.5) is 5.69 Å². The maximum absolute atomic E-state index is 5.60. The highest BCUT2D eigenvalue weighted by Gasteiger charge is 1.97. The summed E-state index contributed by atoms with van der Waals surface area (Å²) in [5.74, 6) is 0. The van der Waals surface area contributed by atoms with Crippen LogP contribution in [0, 0.1) is 0 Å². The number of tetrazole rings is 1. The van der Waals surface area contributed by atoms with Gasteiger partial charge in [-0.2, -0.15) is 0 Å². The van der Waals surface area contributed by atoms with Gasteiger partial charge in [0.1, 0.15) is 0 Å². The van der Waals surface area contributed by atoms with Gasteiger partial charge in [-0.25, -0.2) is 4.68 Å². The number of nitrogens with zero attached hydrogens (tertiary/aromatic N) is 4. The van der Waals surface area contributed by atoms with E-state index in [1.807, 2.05) is 12.1 Å². The van der Waals surface area contributed by atoms with Crippen LogP contribution in [0.15, 0.2) is 29.4 Å². The fourth-order valence-corrected chi connectivity index (χ4v) is 1.18. The lowest BCUT2D eigenvalue weighted by atomic mass is 10.3. The zero-order valence-electron chi connectivity index (χ0n) is 6.58. The van der Waals surface area contributed by atoms with E-state index in [4.69, 9.17) is 18.4 Å². The van der Waals surface area contributed by atoms with Crippen molar-refractivity contribution in [2.75, 3.05) is 5.73 Å². The average molecular weight is 192 g/mol. The maximum atomic E-state index is 5.60. The minimum atomic E-state index is 0.325. The molecule has 2 aromatic rings. The molecule has 0 amide bonds. The molecule has 0 unspecified atom stereocenters. The van der Waals surface area contributed by atoms with Crippen molar-refractivity contribution in [2.24, 2.45) is 0 Å². The predicted molar refractivity (Wildman–Crippen MR) is 49.2 cm³/mol. The molecule has 66 valence electrons. The first kappa shape index (κ1) is 7.93. The van der Waals surface area contributed by atoms with Crippen molar-refractivity contribution < 1.29 is 0 Å². The zero-order valence-corrected chi connectivity index (χ0v) is 7.40. The van der Waals surface area contributed by atoms with E-state index >= 15 is 0 Å². The van der Waals surface area contributed by atoms with Crippen molar-refractivity contribution in [2.45, 2.75) is 5.16 Å². The molecule has 0 spiro atoms. The van der Waals surface area contributed by atoms with Crippen molar-refractivity contribution in [1.29, 1.82) is 0 Å². The van der Waals surface area contributed by atoms with Crippen LogP contribution in [0.3, 0.4) is 0 Å². The van der Waals surface area contributed by atoms with Crippen molar-refractivity contribution in [3.05, 3.63) is 24.3 Å². The Kier molecular flexibility index (Phi) is 1.82. The Labute approximate surface area is 80.0 Å². The molecule has 5 nitrogen and oxygen atoms in total. The minimum absolute atomic E-state index is 0.325. The highest BCUT2D eigenvalue weighted by molar-refractivity contribution is 7.58. The van der Waals surface area contributed by atoms with Crippen molar-refractivity contribution in [1.82, 2.24) is 20.2 Å². The number of hydrogen-bond donors (Lipinski definition) is 1. The molecule has 0 aliphatic rings. The third kappa shape index (κ3) is 1.43. The first-order valence-electron chi connectivity index (χ1n) is 3.58. The summed E-state index contributed by atoms with van der Waals surface area (Å²) in [4.78, 5) is 0. The normalized spacial score (nSPS) is 10.2. The minimum Gasteiger partial charge on any atom is -0.738 e. The summed E-state index contributed by atoms with van der Waals surface area (Å²) in [5.41, 5.74) is 7.03. The van der Waals surface area contributed by atoms with Crippen molar-refractivity contribution in [3.63, 3.8) is 0 Å². The fourth-order valence-electron chi connectivity index (χ4n) is 0.997. The molecule has 1 aromatic heterocycles. The van der Waals surface area contributed by atoms with Gasteiger partial charge in [-0.1, -0.05) is 6.07 Å². The van der Waals surface area contributed by atoms with E-state index < -0.39 is 0 Å². The topological polar surface area (TPSA) is 69.6 Å². The van der Waals surface area contributed by atoms with Gasteiger partial charge in [-0.15, -0.1) is 5.10 Å². The molecule has 0 bridgehead atoms. The number of nitrogens with two attached hydrogens (primary N) is 1. The molecule has 0 fully saturated rings. The molecule has 1 heterocycles. The second kappa shape index (κ2) is 2.98. The second-order valence-electron chi connectivity index (χ2n) is 2.47. The van der Waals surface area contributed by atoms with E-state index in [2.05, 4.69) is 15.5 Å². The summed E-state index contributed by atoms with van der Waals surface area (Å²) in [5, 5.41) is 11.1. The van der Waals surface area contributed by atoms with Gasteiger partial charge >= 0.3 is 0 Å². The molecule has 1 aromatic carbocycles. The molecule has 0 saturated heterocycles. The van der Waals surface area contributed by atoms with Crippen LogP contribution in [-0.4, -0.2) is 20.2 Å². The van der Waals surface area contributed by atoms with Crippen LogP contribution in [-0.2, 0) is 12.6 Å². The zero-order chi connectivity index (χ0) is 9.26. The number of aromatic nitrogens is 4. The monoisotopic (exact) mass is 192 g/mol. The third-order valence-electron chi connectivity index (χ3n) is 1.56. The summed E-state index contributed by atoms with van der Waals surface area (Å²) < 4.78 is 1.45. The average Bonchev–Trinajstić information content (AvgIpc) is 2.51. The lowest BCUT2D eigenvalue weighted by Gasteiger charge is -2.06. The van der Waals surface area contributed by atoms with E-state index in [1.54, 1.807) is 12.1 Å². The van der Waals surface area contributed by atoms with Crippen molar-refractivity contribution in [3.8, 4) is 5.69 Å². The van der Waals surface area contributed by atoms with Gasteiger partial charge in [0.05, 0.1) is 5.69 Å². The van der Waals surface area contributed by atoms with E-state index in [-0.39, 0.29) is 0 Å². The molecule has 0 aliphatic heterocycles. The maximum Gasteiger partial charge on any atom is 0.0684 e. The Balaban J connectivity index is 2.53. The number of hydrogen-bond acceptors (Lipinski definition) is 5. The van der Waals surface area contributed by atoms with E-state index in [9.17, 15) is 0 Å². The first-order valence-corrected chi connectivity index (χ1v) is 3.99. The van der Waals surface area contributed by atoms with Gasteiger partial charge in [0.15, 0.2) is 0 Å². The van der Waals surface area contributed by atoms with Crippen LogP contribution < -0.4 is 5.73 Å². The molecule has 2 rings (SSSR count). The van der Waals surface area contributed by atoms with E-state index in [1.165, 1.54) is 4.68 Å². The molecule has 0 saturated carbocycles. The summed E-state index contributed by atoms with van der Waals surface area (Å²) in [6.45, 7) is 0. The van der Waals surface area contributed by atoms with Crippen molar-refractivity contribution >= 4 is 18.3 Å². The molecule has 0 atom stereocenters. The number of nitrogen functional groups attached to an aromatic ring is 1. The smallest absolute Gasteiger partial charge is 0.0684 e. The molecule has 0 aliphatic carbocycles. The van der Waals surface area contributed by atoms with Gasteiger partial charge < -0.3 is 18.4 Å².